The quantitative estimate of drug-likeness (QED) is 0.728. The van der Waals surface area contributed by atoms with Crippen LogP contribution in [0.25, 0.3) is 10.2 Å². The summed E-state index contributed by atoms with van der Waals surface area (Å²) in [5.41, 5.74) is 3.50. The van der Waals surface area contributed by atoms with E-state index >= 15 is 0 Å². The molecule has 8 heteroatoms. The van der Waals surface area contributed by atoms with Gasteiger partial charge in [0.2, 0.25) is 5.91 Å². The molecule has 0 radical (unpaired) electrons. The molecule has 0 saturated carbocycles. The number of benzene rings is 2. The van der Waals surface area contributed by atoms with E-state index in [-0.39, 0.29) is 10.8 Å². The largest absolute Gasteiger partial charge is 0.326 e. The summed E-state index contributed by atoms with van der Waals surface area (Å²) < 4.78 is 28.5. The lowest BCUT2D eigenvalue weighted by Gasteiger charge is -2.06. The third-order valence-corrected chi connectivity index (χ3v) is 6.21. The summed E-state index contributed by atoms with van der Waals surface area (Å²) in [5.74, 6) is -0.214. The van der Waals surface area contributed by atoms with Crippen LogP contribution in [0.15, 0.2) is 41.3 Å². The van der Waals surface area contributed by atoms with Gasteiger partial charge in [-0.2, -0.15) is 0 Å². The molecule has 1 aromatic heterocycles. The number of nitrogens with zero attached hydrogens (tertiary/aromatic N) is 1. The Morgan fingerprint density at radius 3 is 2.40 bits per heavy atom. The van der Waals surface area contributed by atoms with Gasteiger partial charge in [-0.15, -0.1) is 0 Å². The number of hydrogen-bond acceptors (Lipinski definition) is 5. The fraction of sp³-hybridized carbons (Fsp3) is 0.176. The molecule has 0 unspecified atom stereocenters. The van der Waals surface area contributed by atoms with Crippen LogP contribution in [0.2, 0.25) is 0 Å². The lowest BCUT2D eigenvalue weighted by molar-refractivity contribution is -0.114. The molecule has 0 spiro atoms. The van der Waals surface area contributed by atoms with Gasteiger partial charge in [0.15, 0.2) is 5.13 Å². The number of sulfonamides is 1. The Morgan fingerprint density at radius 2 is 1.76 bits per heavy atom. The van der Waals surface area contributed by atoms with Gasteiger partial charge < -0.3 is 5.32 Å². The highest BCUT2D eigenvalue weighted by atomic mass is 32.2. The van der Waals surface area contributed by atoms with Gasteiger partial charge in [0.1, 0.15) is 0 Å². The average molecular weight is 375 g/mol. The highest BCUT2D eigenvalue weighted by Gasteiger charge is 2.17. The predicted molar refractivity (Wildman–Crippen MR) is 101 cm³/mol. The summed E-state index contributed by atoms with van der Waals surface area (Å²) in [6.45, 7) is 5.36. The summed E-state index contributed by atoms with van der Waals surface area (Å²) in [4.78, 5) is 15.5. The van der Waals surface area contributed by atoms with Crippen LogP contribution < -0.4 is 10.0 Å². The van der Waals surface area contributed by atoms with Gasteiger partial charge in [-0.1, -0.05) is 17.4 Å². The zero-order chi connectivity index (χ0) is 18.2. The van der Waals surface area contributed by atoms with Crippen molar-refractivity contribution in [2.45, 2.75) is 25.7 Å². The fourth-order valence-corrected chi connectivity index (χ4v) is 4.52. The van der Waals surface area contributed by atoms with Crippen molar-refractivity contribution in [2.24, 2.45) is 0 Å². The SMILES string of the molecule is CC(=O)Nc1ccc(S(=O)(=O)Nc2nc3c(C)c(C)ccc3s2)cc1. The molecule has 3 rings (SSSR count). The fourth-order valence-electron chi connectivity index (χ4n) is 2.36. The summed E-state index contributed by atoms with van der Waals surface area (Å²) in [6, 6.07) is 9.90. The van der Waals surface area contributed by atoms with E-state index in [1.165, 1.54) is 30.4 Å². The van der Waals surface area contributed by atoms with Gasteiger partial charge in [-0.3, -0.25) is 9.52 Å². The second-order valence-electron chi connectivity index (χ2n) is 5.68. The Balaban J connectivity index is 1.88. The molecule has 0 aliphatic heterocycles. The first-order valence-electron chi connectivity index (χ1n) is 7.53. The van der Waals surface area contributed by atoms with Crippen LogP contribution in [-0.4, -0.2) is 19.3 Å². The van der Waals surface area contributed by atoms with E-state index in [0.29, 0.717) is 10.8 Å². The molecule has 0 aliphatic rings. The standard InChI is InChI=1S/C17H17N3O3S2/c1-10-4-9-15-16(11(10)2)19-17(24-15)20-25(22,23)14-7-5-13(6-8-14)18-12(3)21/h4-9H,1-3H3,(H,18,21)(H,19,20). The van der Waals surface area contributed by atoms with Crippen LogP contribution in [0.1, 0.15) is 18.1 Å². The maximum Gasteiger partial charge on any atom is 0.263 e. The summed E-state index contributed by atoms with van der Waals surface area (Å²) in [5, 5.41) is 2.93. The number of thiazole rings is 1. The van der Waals surface area contributed by atoms with Crippen molar-refractivity contribution in [1.29, 1.82) is 0 Å². The molecule has 25 heavy (non-hydrogen) atoms. The normalized spacial score (nSPS) is 11.5. The van der Waals surface area contributed by atoms with Crippen LogP contribution in [0.4, 0.5) is 10.8 Å². The van der Waals surface area contributed by atoms with Gasteiger partial charge in [0.05, 0.1) is 15.1 Å². The molecular weight excluding hydrogens is 358 g/mol. The highest BCUT2D eigenvalue weighted by Crippen LogP contribution is 2.31. The molecule has 0 aliphatic carbocycles. The van der Waals surface area contributed by atoms with E-state index in [4.69, 9.17) is 0 Å². The van der Waals surface area contributed by atoms with Crippen LogP contribution >= 0.6 is 11.3 Å². The van der Waals surface area contributed by atoms with Crippen molar-refractivity contribution in [3.05, 3.63) is 47.5 Å². The summed E-state index contributed by atoms with van der Waals surface area (Å²) in [6.07, 6.45) is 0. The third kappa shape index (κ3) is 3.64. The first-order valence-corrected chi connectivity index (χ1v) is 9.83. The lowest BCUT2D eigenvalue weighted by atomic mass is 10.1. The van der Waals surface area contributed by atoms with E-state index < -0.39 is 10.0 Å². The van der Waals surface area contributed by atoms with Crippen molar-refractivity contribution in [2.75, 3.05) is 10.0 Å². The second kappa shape index (κ2) is 6.45. The Kier molecular flexibility index (Phi) is 4.49. The number of aryl methyl sites for hydroxylation is 2. The topological polar surface area (TPSA) is 88.2 Å². The monoisotopic (exact) mass is 375 g/mol. The Bertz CT molecular complexity index is 1050. The highest BCUT2D eigenvalue weighted by molar-refractivity contribution is 7.93. The Hall–Kier alpha value is -2.45. The number of aromatic nitrogens is 1. The average Bonchev–Trinajstić information content (AvgIpc) is 2.93. The molecule has 130 valence electrons. The van der Waals surface area contributed by atoms with Crippen molar-refractivity contribution in [1.82, 2.24) is 4.98 Å². The van der Waals surface area contributed by atoms with Gasteiger partial charge in [-0.25, -0.2) is 13.4 Å². The zero-order valence-electron chi connectivity index (χ0n) is 14.0. The summed E-state index contributed by atoms with van der Waals surface area (Å²) >= 11 is 1.29. The molecule has 0 bridgehead atoms. The molecule has 0 saturated heterocycles. The van der Waals surface area contributed by atoms with E-state index in [1.807, 2.05) is 26.0 Å². The van der Waals surface area contributed by atoms with Gasteiger partial charge in [0.25, 0.3) is 10.0 Å². The minimum Gasteiger partial charge on any atom is -0.326 e. The smallest absolute Gasteiger partial charge is 0.263 e. The van der Waals surface area contributed by atoms with Gasteiger partial charge >= 0.3 is 0 Å². The Labute approximate surface area is 150 Å². The predicted octanol–water partition coefficient (Wildman–Crippen LogP) is 3.67. The van der Waals surface area contributed by atoms with Crippen molar-refractivity contribution < 1.29 is 13.2 Å². The van der Waals surface area contributed by atoms with E-state index in [2.05, 4.69) is 15.0 Å². The maximum absolute atomic E-state index is 12.5. The van der Waals surface area contributed by atoms with E-state index in [0.717, 1.165) is 21.3 Å². The number of amides is 1. The van der Waals surface area contributed by atoms with Crippen molar-refractivity contribution >= 4 is 48.3 Å². The molecule has 3 aromatic rings. The minimum atomic E-state index is -3.74. The molecule has 1 amide bonds. The van der Waals surface area contributed by atoms with Gasteiger partial charge in [-0.05, 0) is 55.3 Å². The maximum atomic E-state index is 12.5. The number of fused-ring (bicyclic) bond motifs is 1. The molecule has 1 heterocycles. The van der Waals surface area contributed by atoms with E-state index in [1.54, 1.807) is 12.1 Å². The molecule has 6 nitrogen and oxygen atoms in total. The van der Waals surface area contributed by atoms with E-state index in [9.17, 15) is 13.2 Å². The van der Waals surface area contributed by atoms with Crippen LogP contribution in [0, 0.1) is 13.8 Å². The first-order chi connectivity index (χ1) is 11.8. The molecule has 2 N–H and O–H groups in total. The van der Waals surface area contributed by atoms with Crippen LogP contribution in [0.5, 0.6) is 0 Å². The molecule has 0 atom stereocenters. The van der Waals surface area contributed by atoms with Crippen LogP contribution in [0.3, 0.4) is 0 Å². The number of hydrogen-bond donors (Lipinski definition) is 2. The first kappa shape index (κ1) is 17.4. The number of carbonyl (C=O) groups is 1. The van der Waals surface area contributed by atoms with Gasteiger partial charge in [0, 0.05) is 12.6 Å². The third-order valence-electron chi connectivity index (χ3n) is 3.79. The minimum absolute atomic E-state index is 0.105. The molecule has 0 fully saturated rings. The lowest BCUT2D eigenvalue weighted by Crippen LogP contribution is -2.13. The number of rotatable bonds is 4. The van der Waals surface area contributed by atoms with Crippen LogP contribution in [-0.2, 0) is 14.8 Å². The second-order valence-corrected chi connectivity index (χ2v) is 8.40. The number of anilines is 2. The molecule has 2 aromatic carbocycles. The number of nitrogens with one attached hydrogen (secondary N) is 2. The van der Waals surface area contributed by atoms with Crippen molar-refractivity contribution in [3.8, 4) is 0 Å². The van der Waals surface area contributed by atoms with Crippen molar-refractivity contribution in [3.63, 3.8) is 0 Å². The zero-order valence-corrected chi connectivity index (χ0v) is 15.6. The summed E-state index contributed by atoms with van der Waals surface area (Å²) in [7, 11) is -3.74. The number of carbonyl (C=O) groups excluding carboxylic acids is 1. The Morgan fingerprint density at radius 1 is 1.08 bits per heavy atom. The molecular formula is C17H17N3O3S2.